The van der Waals surface area contributed by atoms with Gasteiger partial charge in [0.25, 0.3) is 0 Å². The summed E-state index contributed by atoms with van der Waals surface area (Å²) < 4.78 is 7.27. The Balaban J connectivity index is 1.45. The number of fused-ring (bicyclic) bond motifs is 2. The summed E-state index contributed by atoms with van der Waals surface area (Å²) in [5, 5.41) is 4.38. The predicted octanol–water partition coefficient (Wildman–Crippen LogP) is 2.30. The fourth-order valence-corrected chi connectivity index (χ4v) is 4.33. The van der Waals surface area contributed by atoms with Gasteiger partial charge in [-0.25, -0.2) is 0 Å². The Morgan fingerprint density at radius 2 is 2.00 bits per heavy atom. The van der Waals surface area contributed by atoms with Gasteiger partial charge in [0.1, 0.15) is 0 Å². The van der Waals surface area contributed by atoms with E-state index in [1.807, 2.05) is 22.8 Å². The maximum atomic E-state index is 13.0. The molecule has 0 radical (unpaired) electrons. The largest absolute Gasteiger partial charge is 0.384 e. The third kappa shape index (κ3) is 3.09. The molecule has 0 bridgehead atoms. The van der Waals surface area contributed by atoms with Crippen LogP contribution in [0.25, 0.3) is 0 Å². The summed E-state index contributed by atoms with van der Waals surface area (Å²) in [6.45, 7) is 2.01. The molecule has 2 heterocycles. The summed E-state index contributed by atoms with van der Waals surface area (Å²) in [5.74, 6) is 0.900. The molecule has 0 saturated heterocycles. The molecule has 1 aromatic carbocycles. The molecule has 0 fully saturated rings. The van der Waals surface area contributed by atoms with E-state index < -0.39 is 0 Å². The first kappa shape index (κ1) is 16.3. The van der Waals surface area contributed by atoms with E-state index in [4.69, 9.17) is 4.74 Å². The third-order valence-electron chi connectivity index (χ3n) is 5.63. The van der Waals surface area contributed by atoms with E-state index in [0.29, 0.717) is 25.5 Å². The maximum absolute atomic E-state index is 13.0. The standard InChI is InChI=1S/C20H25N3O2/c1-22-19-12-23(11-17(13-25-2)18(19)10-21-22)20(24)9-14-7-15-5-3-4-6-16(15)8-14/h3-6,10,14,17H,7-9,11-13H2,1-2H3/t17-/m0/s1. The average molecular weight is 339 g/mol. The van der Waals surface area contributed by atoms with E-state index in [-0.39, 0.29) is 11.8 Å². The van der Waals surface area contributed by atoms with E-state index in [9.17, 15) is 4.79 Å². The highest BCUT2D eigenvalue weighted by molar-refractivity contribution is 5.77. The summed E-state index contributed by atoms with van der Waals surface area (Å²) in [5.41, 5.74) is 5.17. The number of benzene rings is 1. The quantitative estimate of drug-likeness (QED) is 0.859. The van der Waals surface area contributed by atoms with Crippen molar-refractivity contribution in [1.29, 1.82) is 0 Å². The van der Waals surface area contributed by atoms with Crippen LogP contribution in [-0.2, 0) is 36.0 Å². The fourth-order valence-electron chi connectivity index (χ4n) is 4.33. The van der Waals surface area contributed by atoms with Gasteiger partial charge in [0.15, 0.2) is 0 Å². The molecule has 1 aliphatic heterocycles. The topological polar surface area (TPSA) is 47.4 Å². The molecule has 1 amide bonds. The lowest BCUT2D eigenvalue weighted by Gasteiger charge is -2.33. The number of hydrogen-bond acceptors (Lipinski definition) is 3. The zero-order chi connectivity index (χ0) is 17.4. The number of carbonyl (C=O) groups excluding carboxylic acids is 1. The number of aromatic nitrogens is 2. The van der Waals surface area contributed by atoms with Gasteiger partial charge in [-0.2, -0.15) is 5.10 Å². The molecule has 1 atom stereocenters. The van der Waals surface area contributed by atoms with Crippen LogP contribution in [0.4, 0.5) is 0 Å². The lowest BCUT2D eigenvalue weighted by atomic mass is 9.94. The molecule has 0 saturated carbocycles. The van der Waals surface area contributed by atoms with Crippen LogP contribution in [-0.4, -0.2) is 40.8 Å². The van der Waals surface area contributed by atoms with Crippen molar-refractivity contribution in [2.75, 3.05) is 20.3 Å². The van der Waals surface area contributed by atoms with Gasteiger partial charge in [0.2, 0.25) is 5.91 Å². The number of carbonyl (C=O) groups is 1. The van der Waals surface area contributed by atoms with E-state index in [1.54, 1.807) is 7.11 Å². The minimum Gasteiger partial charge on any atom is -0.384 e. The molecule has 0 spiro atoms. The number of hydrogen-bond donors (Lipinski definition) is 0. The zero-order valence-electron chi connectivity index (χ0n) is 14.9. The van der Waals surface area contributed by atoms with Gasteiger partial charge in [-0.15, -0.1) is 0 Å². The Morgan fingerprint density at radius 1 is 1.28 bits per heavy atom. The molecule has 1 aromatic heterocycles. The SMILES string of the molecule is COC[C@@H]1CN(C(=O)CC2Cc3ccccc3C2)Cc2c1cnn2C. The molecule has 5 heteroatoms. The second-order valence-corrected chi connectivity index (χ2v) is 7.34. The number of ether oxygens (including phenoxy) is 1. The van der Waals surface area contributed by atoms with E-state index in [0.717, 1.165) is 25.1 Å². The number of nitrogens with zero attached hydrogens (tertiary/aromatic N) is 3. The van der Waals surface area contributed by atoms with Crippen molar-refractivity contribution in [3.63, 3.8) is 0 Å². The fraction of sp³-hybridized carbons (Fsp3) is 0.500. The molecule has 2 aromatic rings. The van der Waals surface area contributed by atoms with Crippen molar-refractivity contribution in [2.24, 2.45) is 13.0 Å². The van der Waals surface area contributed by atoms with Crippen LogP contribution >= 0.6 is 0 Å². The second kappa shape index (κ2) is 6.64. The van der Waals surface area contributed by atoms with Crippen molar-refractivity contribution in [1.82, 2.24) is 14.7 Å². The van der Waals surface area contributed by atoms with Crippen LogP contribution in [0.2, 0.25) is 0 Å². The summed E-state index contributed by atoms with van der Waals surface area (Å²) in [6.07, 6.45) is 4.60. The summed E-state index contributed by atoms with van der Waals surface area (Å²) >= 11 is 0. The number of rotatable bonds is 4. The highest BCUT2D eigenvalue weighted by Crippen LogP contribution is 2.32. The van der Waals surface area contributed by atoms with Crippen LogP contribution in [0.3, 0.4) is 0 Å². The summed E-state index contributed by atoms with van der Waals surface area (Å²) in [4.78, 5) is 15.0. The highest BCUT2D eigenvalue weighted by Gasteiger charge is 2.32. The molecule has 25 heavy (non-hydrogen) atoms. The van der Waals surface area contributed by atoms with E-state index in [1.165, 1.54) is 16.7 Å². The molecule has 4 rings (SSSR count). The minimum atomic E-state index is 0.215. The van der Waals surface area contributed by atoms with E-state index in [2.05, 4.69) is 29.4 Å². The first-order valence-corrected chi connectivity index (χ1v) is 9.00. The van der Waals surface area contributed by atoms with Crippen molar-refractivity contribution in [3.05, 3.63) is 52.8 Å². The maximum Gasteiger partial charge on any atom is 0.223 e. The van der Waals surface area contributed by atoms with Crippen LogP contribution in [0.15, 0.2) is 30.5 Å². The number of amides is 1. The molecular formula is C20H25N3O2. The monoisotopic (exact) mass is 339 g/mol. The highest BCUT2D eigenvalue weighted by atomic mass is 16.5. The normalized spacial score (nSPS) is 19.8. The third-order valence-corrected chi connectivity index (χ3v) is 5.63. The first-order valence-electron chi connectivity index (χ1n) is 9.00. The van der Waals surface area contributed by atoms with Crippen molar-refractivity contribution in [3.8, 4) is 0 Å². The Bertz CT molecular complexity index is 758. The molecule has 2 aliphatic rings. The molecule has 0 N–H and O–H groups in total. The van der Waals surface area contributed by atoms with Crippen molar-refractivity contribution >= 4 is 5.91 Å². The van der Waals surface area contributed by atoms with E-state index >= 15 is 0 Å². The van der Waals surface area contributed by atoms with Crippen LogP contribution in [0, 0.1) is 5.92 Å². The van der Waals surface area contributed by atoms with Gasteiger partial charge in [-0.1, -0.05) is 24.3 Å². The van der Waals surface area contributed by atoms with Gasteiger partial charge in [-0.05, 0) is 29.9 Å². The average Bonchev–Trinajstić information content (AvgIpc) is 3.18. The number of aryl methyl sites for hydroxylation is 1. The Hall–Kier alpha value is -2.14. The lowest BCUT2D eigenvalue weighted by molar-refractivity contribution is -0.133. The first-order chi connectivity index (χ1) is 12.2. The molecule has 0 unspecified atom stereocenters. The van der Waals surface area contributed by atoms with Crippen LogP contribution in [0.5, 0.6) is 0 Å². The van der Waals surface area contributed by atoms with Gasteiger partial charge in [0.05, 0.1) is 25.0 Å². The Morgan fingerprint density at radius 3 is 2.68 bits per heavy atom. The van der Waals surface area contributed by atoms with Crippen LogP contribution in [0.1, 0.15) is 34.7 Å². The van der Waals surface area contributed by atoms with Crippen LogP contribution < -0.4 is 0 Å². The van der Waals surface area contributed by atoms with Gasteiger partial charge in [0, 0.05) is 38.6 Å². The smallest absolute Gasteiger partial charge is 0.223 e. The second-order valence-electron chi connectivity index (χ2n) is 7.34. The van der Waals surface area contributed by atoms with Crippen molar-refractivity contribution < 1.29 is 9.53 Å². The molecule has 1 aliphatic carbocycles. The molecule has 132 valence electrons. The van der Waals surface area contributed by atoms with Crippen molar-refractivity contribution in [2.45, 2.75) is 31.7 Å². The summed E-state index contributed by atoms with van der Waals surface area (Å²) in [7, 11) is 3.66. The minimum absolute atomic E-state index is 0.215. The predicted molar refractivity (Wildman–Crippen MR) is 95.2 cm³/mol. The molecule has 5 nitrogen and oxygen atoms in total. The summed E-state index contributed by atoms with van der Waals surface area (Å²) in [6, 6.07) is 8.56. The molecular weight excluding hydrogens is 314 g/mol. The van der Waals surface area contributed by atoms with Gasteiger partial charge in [-0.3, -0.25) is 9.48 Å². The Labute approximate surface area is 148 Å². The lowest BCUT2D eigenvalue weighted by Crippen LogP contribution is -2.40. The van der Waals surface area contributed by atoms with Gasteiger partial charge >= 0.3 is 0 Å². The van der Waals surface area contributed by atoms with Gasteiger partial charge < -0.3 is 9.64 Å². The number of methoxy groups -OCH3 is 1. The zero-order valence-corrected chi connectivity index (χ0v) is 14.9. The Kier molecular flexibility index (Phi) is 4.34.